The van der Waals surface area contributed by atoms with Crippen molar-refractivity contribution in [2.24, 2.45) is 0 Å². The summed E-state index contributed by atoms with van der Waals surface area (Å²) >= 11 is 12.7. The molecular weight excluding hydrogens is 609 g/mol. The lowest BCUT2D eigenvalue weighted by molar-refractivity contribution is -0.130. The number of amides is 3. The van der Waals surface area contributed by atoms with E-state index < -0.39 is 18.0 Å². The third-order valence-electron chi connectivity index (χ3n) is 6.92. The van der Waals surface area contributed by atoms with Gasteiger partial charge in [0.15, 0.2) is 5.15 Å². The highest BCUT2D eigenvalue weighted by Gasteiger charge is 2.26. The molecule has 0 radical (unpaired) electrons. The summed E-state index contributed by atoms with van der Waals surface area (Å²) in [5.74, 6) is -0.584. The number of nitrogens with zero attached hydrogens (tertiary/aromatic N) is 7. The van der Waals surface area contributed by atoms with Crippen LogP contribution >= 0.6 is 23.2 Å². The van der Waals surface area contributed by atoms with Crippen LogP contribution in [0.25, 0.3) is 23.0 Å². The molecule has 3 amide bonds. The van der Waals surface area contributed by atoms with E-state index in [0.717, 1.165) is 12.8 Å². The second kappa shape index (κ2) is 14.1. The molecule has 5 rings (SSSR count). The van der Waals surface area contributed by atoms with Crippen LogP contribution in [-0.4, -0.2) is 73.4 Å². The molecule has 0 aliphatic carbocycles. The summed E-state index contributed by atoms with van der Waals surface area (Å²) < 4.78 is 6.07. The van der Waals surface area contributed by atoms with Crippen LogP contribution in [0.2, 0.25) is 10.2 Å². The van der Waals surface area contributed by atoms with E-state index in [-0.39, 0.29) is 17.5 Å². The van der Waals surface area contributed by atoms with Crippen molar-refractivity contribution in [3.63, 3.8) is 0 Å². The van der Waals surface area contributed by atoms with Crippen LogP contribution in [0.1, 0.15) is 36.4 Å². The number of benzene rings is 2. The van der Waals surface area contributed by atoms with Crippen molar-refractivity contribution in [2.45, 2.75) is 25.3 Å². The van der Waals surface area contributed by atoms with E-state index in [1.54, 1.807) is 59.5 Å². The lowest BCUT2D eigenvalue weighted by Crippen LogP contribution is -2.35. The number of aromatic nitrogens is 6. The number of anilines is 1. The van der Waals surface area contributed by atoms with Crippen LogP contribution < -0.4 is 10.6 Å². The third-order valence-corrected chi connectivity index (χ3v) is 7.45. The van der Waals surface area contributed by atoms with Gasteiger partial charge in [0.1, 0.15) is 6.33 Å². The standard InChI is InChI=1S/C29H27Cl2N9O4/c1-44-29(43)33-21-8-4-18(5-9-21)23-15-22(28(31)36-35-23)24(16-27(42)39-12-2-3-13-39)34-26(41)11-6-19-14-20(30)7-10-25(19)40-17-32-37-38-40/h4-11,14-15,17,24H,2-3,12-13,16H2,1H3,(H,33,43)(H,34,41)/b11-6+/t24-/m0/s1. The first-order valence-electron chi connectivity index (χ1n) is 13.6. The third kappa shape index (κ3) is 7.54. The predicted octanol–water partition coefficient (Wildman–Crippen LogP) is 4.49. The van der Waals surface area contributed by atoms with Gasteiger partial charge >= 0.3 is 6.09 Å². The molecule has 44 heavy (non-hydrogen) atoms. The number of nitrogens with one attached hydrogen (secondary N) is 2. The summed E-state index contributed by atoms with van der Waals surface area (Å²) in [6.45, 7) is 1.32. The number of rotatable bonds is 9. The molecule has 1 atom stereocenters. The topological polar surface area (TPSA) is 157 Å². The second-order valence-electron chi connectivity index (χ2n) is 9.81. The van der Waals surface area contributed by atoms with Crippen molar-refractivity contribution < 1.29 is 19.1 Å². The molecule has 15 heteroatoms. The molecule has 0 unspecified atom stereocenters. The molecule has 2 aromatic carbocycles. The van der Waals surface area contributed by atoms with Gasteiger partial charge in [0.25, 0.3) is 0 Å². The van der Waals surface area contributed by atoms with Crippen molar-refractivity contribution in [3.8, 4) is 16.9 Å². The van der Waals surface area contributed by atoms with Crippen LogP contribution in [-0.2, 0) is 14.3 Å². The first-order valence-corrected chi connectivity index (χ1v) is 14.3. The Hall–Kier alpha value is -4.88. The van der Waals surface area contributed by atoms with E-state index in [1.807, 2.05) is 0 Å². The van der Waals surface area contributed by atoms with Crippen molar-refractivity contribution in [3.05, 3.63) is 82.2 Å². The summed E-state index contributed by atoms with van der Waals surface area (Å²) in [6.07, 6.45) is 5.58. The smallest absolute Gasteiger partial charge is 0.411 e. The minimum absolute atomic E-state index is 0.0283. The van der Waals surface area contributed by atoms with E-state index in [0.29, 0.717) is 51.9 Å². The Morgan fingerprint density at radius 1 is 1.05 bits per heavy atom. The van der Waals surface area contributed by atoms with Crippen LogP contribution in [0.3, 0.4) is 0 Å². The van der Waals surface area contributed by atoms with Gasteiger partial charge in [-0.25, -0.2) is 4.79 Å². The molecule has 226 valence electrons. The van der Waals surface area contributed by atoms with Gasteiger partial charge in [-0.1, -0.05) is 35.3 Å². The van der Waals surface area contributed by atoms with E-state index in [2.05, 4.69) is 41.1 Å². The van der Waals surface area contributed by atoms with Gasteiger partial charge < -0.3 is 15.0 Å². The largest absolute Gasteiger partial charge is 0.453 e. The monoisotopic (exact) mass is 635 g/mol. The average molecular weight is 636 g/mol. The zero-order chi connectivity index (χ0) is 31.1. The fraction of sp³-hybridized carbons (Fsp3) is 0.241. The number of ether oxygens (including phenoxy) is 1. The first-order chi connectivity index (χ1) is 21.3. The Balaban J connectivity index is 1.41. The molecule has 2 aromatic heterocycles. The molecule has 2 N–H and O–H groups in total. The van der Waals surface area contributed by atoms with Gasteiger partial charge in [0.2, 0.25) is 11.8 Å². The van der Waals surface area contributed by atoms with Gasteiger partial charge in [-0.15, -0.1) is 15.3 Å². The zero-order valence-corrected chi connectivity index (χ0v) is 25.0. The maximum Gasteiger partial charge on any atom is 0.411 e. The molecule has 13 nitrogen and oxygen atoms in total. The highest BCUT2D eigenvalue weighted by molar-refractivity contribution is 6.31. The minimum atomic E-state index is -0.805. The number of hydrogen-bond acceptors (Lipinski definition) is 9. The summed E-state index contributed by atoms with van der Waals surface area (Å²) in [4.78, 5) is 39.8. The molecule has 4 aromatic rings. The summed E-state index contributed by atoms with van der Waals surface area (Å²) in [6, 6.07) is 12.8. The maximum absolute atomic E-state index is 13.3. The highest BCUT2D eigenvalue weighted by Crippen LogP contribution is 2.29. The van der Waals surface area contributed by atoms with Crippen LogP contribution in [0.5, 0.6) is 0 Å². The highest BCUT2D eigenvalue weighted by atomic mass is 35.5. The van der Waals surface area contributed by atoms with Gasteiger partial charge in [-0.05, 0) is 65.7 Å². The molecule has 1 saturated heterocycles. The quantitative estimate of drug-likeness (QED) is 0.253. The SMILES string of the molecule is COC(=O)Nc1ccc(-c2cc([C@H](CC(=O)N3CCCC3)NC(=O)/C=C/c3cc(Cl)ccc3-n3cnnn3)c(Cl)nn2)cc1. The van der Waals surface area contributed by atoms with Gasteiger partial charge in [-0.3, -0.25) is 14.9 Å². The number of tetrazole rings is 1. The Morgan fingerprint density at radius 3 is 2.52 bits per heavy atom. The number of carbonyl (C=O) groups is 3. The summed E-state index contributed by atoms with van der Waals surface area (Å²) in [7, 11) is 1.28. The number of carbonyl (C=O) groups excluding carboxylic acids is 3. The normalized spacial score (nSPS) is 13.6. The fourth-order valence-electron chi connectivity index (χ4n) is 4.70. The fourth-order valence-corrected chi connectivity index (χ4v) is 5.11. The van der Waals surface area contributed by atoms with Crippen LogP contribution in [0.4, 0.5) is 10.5 Å². The molecule has 1 aliphatic rings. The molecule has 0 spiro atoms. The predicted molar refractivity (Wildman–Crippen MR) is 163 cm³/mol. The zero-order valence-electron chi connectivity index (χ0n) is 23.5. The van der Waals surface area contributed by atoms with E-state index in [9.17, 15) is 14.4 Å². The Morgan fingerprint density at radius 2 is 1.82 bits per heavy atom. The van der Waals surface area contributed by atoms with Gasteiger partial charge in [0.05, 0.1) is 31.0 Å². The average Bonchev–Trinajstić information content (AvgIpc) is 3.76. The van der Waals surface area contributed by atoms with E-state index in [1.165, 1.54) is 24.2 Å². The van der Waals surface area contributed by atoms with Crippen molar-refractivity contribution in [1.29, 1.82) is 0 Å². The van der Waals surface area contributed by atoms with E-state index >= 15 is 0 Å². The number of methoxy groups -OCH3 is 1. The van der Waals surface area contributed by atoms with Crippen molar-refractivity contribution in [1.82, 2.24) is 40.6 Å². The van der Waals surface area contributed by atoms with Crippen LogP contribution in [0, 0.1) is 0 Å². The molecule has 0 saturated carbocycles. The minimum Gasteiger partial charge on any atom is -0.453 e. The van der Waals surface area contributed by atoms with Crippen molar-refractivity contribution in [2.75, 3.05) is 25.5 Å². The lowest BCUT2D eigenvalue weighted by atomic mass is 10.0. The molecule has 0 bridgehead atoms. The number of likely N-dealkylation sites (tertiary alicyclic amines) is 1. The summed E-state index contributed by atoms with van der Waals surface area (Å²) in [5, 5.41) is 25.6. The summed E-state index contributed by atoms with van der Waals surface area (Å²) in [5.41, 5.74) is 3.31. The van der Waals surface area contributed by atoms with Gasteiger partial charge in [0, 0.05) is 46.6 Å². The Kier molecular flexibility index (Phi) is 9.77. The lowest BCUT2D eigenvalue weighted by Gasteiger charge is -2.22. The number of hydrogen-bond donors (Lipinski definition) is 2. The molecule has 3 heterocycles. The van der Waals surface area contributed by atoms with Crippen molar-refractivity contribution >= 4 is 52.9 Å². The first kappa shape index (κ1) is 30.6. The Bertz CT molecular complexity index is 1670. The van der Waals surface area contributed by atoms with Gasteiger partial charge in [-0.2, -0.15) is 4.68 Å². The molecule has 1 aliphatic heterocycles. The Labute approximate surface area is 262 Å². The molecule has 1 fully saturated rings. The second-order valence-corrected chi connectivity index (χ2v) is 10.6. The van der Waals surface area contributed by atoms with E-state index in [4.69, 9.17) is 23.2 Å². The number of halogens is 2. The van der Waals surface area contributed by atoms with Crippen LogP contribution in [0.15, 0.2) is 60.9 Å². The maximum atomic E-state index is 13.3. The molecular formula is C29H27Cl2N9O4.